The van der Waals surface area contributed by atoms with Crippen LogP contribution in [0.15, 0.2) is 52.6 Å². The van der Waals surface area contributed by atoms with Gasteiger partial charge in [-0.3, -0.25) is 4.79 Å². The lowest BCUT2D eigenvalue weighted by molar-refractivity contribution is 0.472. The number of phenolic OH excluding ortho intramolecular Hbond substituents is 1. The molecule has 1 aliphatic heterocycles. The van der Waals surface area contributed by atoms with E-state index in [1.807, 2.05) is 22.4 Å². The van der Waals surface area contributed by atoms with Crippen molar-refractivity contribution in [3.05, 3.63) is 63.9 Å². The summed E-state index contributed by atoms with van der Waals surface area (Å²) in [5.41, 5.74) is 1.32. The molecule has 0 saturated carbocycles. The van der Waals surface area contributed by atoms with Crippen molar-refractivity contribution in [2.75, 3.05) is 36.0 Å². The number of anilines is 2. The Bertz CT molecular complexity index is 981. The molecule has 3 aromatic rings. The summed E-state index contributed by atoms with van der Waals surface area (Å²) in [6, 6.07) is 11.6. The number of aromatic hydroxyl groups is 1. The minimum absolute atomic E-state index is 0.121. The number of benzene rings is 2. The molecule has 1 fully saturated rings. The van der Waals surface area contributed by atoms with Crippen LogP contribution in [0.2, 0.25) is 0 Å². The van der Waals surface area contributed by atoms with Gasteiger partial charge in [-0.15, -0.1) is 11.3 Å². The molecule has 0 atom stereocenters. The van der Waals surface area contributed by atoms with Gasteiger partial charge in [-0.1, -0.05) is 12.1 Å². The molecular formula is C19H17FN2O2S. The molecule has 1 saturated heterocycles. The number of halogens is 1. The van der Waals surface area contributed by atoms with Gasteiger partial charge in [0.2, 0.25) is 5.43 Å². The summed E-state index contributed by atoms with van der Waals surface area (Å²) in [4.78, 5) is 16.9. The predicted molar refractivity (Wildman–Crippen MR) is 101 cm³/mol. The third kappa shape index (κ3) is 2.93. The molecule has 128 valence electrons. The maximum Gasteiger partial charge on any atom is 0.211 e. The van der Waals surface area contributed by atoms with Crippen LogP contribution in [0.25, 0.3) is 10.1 Å². The van der Waals surface area contributed by atoms with E-state index >= 15 is 0 Å². The standard InChI is InChI=1S/C19H17FN2O2S/c20-13-5-6-18-14(11-13)19(24)16(12-25-18)22-9-7-21(8-10-22)15-3-1-2-4-17(15)23/h1-6,11-12,23H,7-10H2. The summed E-state index contributed by atoms with van der Waals surface area (Å²) >= 11 is 1.46. The molecule has 0 amide bonds. The summed E-state index contributed by atoms with van der Waals surface area (Å²) in [7, 11) is 0. The Morgan fingerprint density at radius 2 is 1.64 bits per heavy atom. The van der Waals surface area contributed by atoms with Crippen molar-refractivity contribution in [1.82, 2.24) is 0 Å². The second kappa shape index (κ2) is 6.37. The first-order valence-electron chi connectivity index (χ1n) is 8.12. The number of hydrogen-bond donors (Lipinski definition) is 1. The van der Waals surface area contributed by atoms with Crippen LogP contribution in [0, 0.1) is 5.82 Å². The van der Waals surface area contributed by atoms with Crippen LogP contribution in [0.3, 0.4) is 0 Å². The zero-order chi connectivity index (χ0) is 17.4. The monoisotopic (exact) mass is 356 g/mol. The Morgan fingerprint density at radius 1 is 0.960 bits per heavy atom. The number of fused-ring (bicyclic) bond motifs is 1. The van der Waals surface area contributed by atoms with Crippen molar-refractivity contribution < 1.29 is 9.50 Å². The zero-order valence-electron chi connectivity index (χ0n) is 13.5. The van der Waals surface area contributed by atoms with Crippen LogP contribution in [-0.2, 0) is 0 Å². The van der Waals surface area contributed by atoms with E-state index in [9.17, 15) is 14.3 Å². The molecule has 4 nitrogen and oxygen atoms in total. The lowest BCUT2D eigenvalue weighted by Crippen LogP contribution is -2.47. The number of nitrogens with zero attached hydrogens (tertiary/aromatic N) is 2. The van der Waals surface area contributed by atoms with Crippen LogP contribution < -0.4 is 15.2 Å². The first-order valence-corrected chi connectivity index (χ1v) is 9.00. The molecule has 2 heterocycles. The molecule has 1 N–H and O–H groups in total. The molecule has 6 heteroatoms. The smallest absolute Gasteiger partial charge is 0.211 e. The maximum atomic E-state index is 13.5. The average molecular weight is 356 g/mol. The van der Waals surface area contributed by atoms with E-state index in [2.05, 4.69) is 4.90 Å². The van der Waals surface area contributed by atoms with E-state index in [1.54, 1.807) is 18.2 Å². The van der Waals surface area contributed by atoms with E-state index in [4.69, 9.17) is 0 Å². The molecule has 0 spiro atoms. The van der Waals surface area contributed by atoms with Gasteiger partial charge in [0, 0.05) is 41.6 Å². The molecule has 0 unspecified atom stereocenters. The van der Waals surface area contributed by atoms with Gasteiger partial charge in [-0.25, -0.2) is 4.39 Å². The Morgan fingerprint density at radius 3 is 2.36 bits per heavy atom. The van der Waals surface area contributed by atoms with Crippen LogP contribution in [-0.4, -0.2) is 31.3 Å². The van der Waals surface area contributed by atoms with E-state index in [0.29, 0.717) is 37.3 Å². The largest absolute Gasteiger partial charge is 0.506 e. The van der Waals surface area contributed by atoms with Gasteiger partial charge < -0.3 is 14.9 Å². The molecular weight excluding hydrogens is 339 g/mol. The van der Waals surface area contributed by atoms with Crippen molar-refractivity contribution in [3.63, 3.8) is 0 Å². The summed E-state index contributed by atoms with van der Waals surface area (Å²) in [6.07, 6.45) is 0. The molecule has 25 heavy (non-hydrogen) atoms. The third-order valence-corrected chi connectivity index (χ3v) is 5.51. The van der Waals surface area contributed by atoms with E-state index < -0.39 is 5.82 Å². The van der Waals surface area contributed by atoms with Crippen LogP contribution in [0.5, 0.6) is 5.75 Å². The lowest BCUT2D eigenvalue weighted by atomic mass is 10.2. The maximum absolute atomic E-state index is 13.5. The van der Waals surface area contributed by atoms with Crippen molar-refractivity contribution in [2.24, 2.45) is 0 Å². The second-order valence-corrected chi connectivity index (χ2v) is 6.96. The quantitative estimate of drug-likeness (QED) is 0.764. The topological polar surface area (TPSA) is 43.8 Å². The number of rotatable bonds is 2. The molecule has 2 aromatic carbocycles. The molecule has 1 aromatic heterocycles. The minimum atomic E-state index is -0.390. The fourth-order valence-electron chi connectivity index (χ4n) is 3.23. The van der Waals surface area contributed by atoms with Gasteiger partial charge in [0.15, 0.2) is 0 Å². The molecule has 0 aliphatic carbocycles. The summed E-state index contributed by atoms with van der Waals surface area (Å²) in [6.45, 7) is 2.78. The van der Waals surface area contributed by atoms with Gasteiger partial charge in [0.25, 0.3) is 0 Å². The lowest BCUT2D eigenvalue weighted by Gasteiger charge is -2.37. The Labute approximate surface area is 148 Å². The van der Waals surface area contributed by atoms with Crippen molar-refractivity contribution in [1.29, 1.82) is 0 Å². The molecule has 0 bridgehead atoms. The second-order valence-electron chi connectivity index (χ2n) is 6.05. The highest BCUT2D eigenvalue weighted by molar-refractivity contribution is 7.16. The number of piperazine rings is 1. The van der Waals surface area contributed by atoms with Crippen molar-refractivity contribution in [2.45, 2.75) is 0 Å². The van der Waals surface area contributed by atoms with Crippen molar-refractivity contribution >= 4 is 32.8 Å². The highest BCUT2D eigenvalue weighted by Crippen LogP contribution is 2.28. The first kappa shape index (κ1) is 15.9. The highest BCUT2D eigenvalue weighted by Gasteiger charge is 2.21. The van der Waals surface area contributed by atoms with Gasteiger partial charge in [-0.2, -0.15) is 0 Å². The summed E-state index contributed by atoms with van der Waals surface area (Å²) in [5, 5.41) is 12.3. The third-order valence-electron chi connectivity index (χ3n) is 4.56. The number of para-hydroxylation sites is 2. The van der Waals surface area contributed by atoms with Gasteiger partial charge in [0.05, 0.1) is 11.4 Å². The fraction of sp³-hybridized carbons (Fsp3) is 0.211. The van der Waals surface area contributed by atoms with Crippen LogP contribution in [0.1, 0.15) is 0 Å². The van der Waals surface area contributed by atoms with Gasteiger partial charge in [-0.05, 0) is 30.3 Å². The number of phenols is 1. The summed E-state index contributed by atoms with van der Waals surface area (Å²) < 4.78 is 14.3. The Kier molecular flexibility index (Phi) is 4.05. The van der Waals surface area contributed by atoms with Crippen LogP contribution in [0.4, 0.5) is 15.8 Å². The average Bonchev–Trinajstić information content (AvgIpc) is 2.63. The first-order chi connectivity index (χ1) is 12.1. The number of hydrogen-bond acceptors (Lipinski definition) is 5. The molecule has 0 radical (unpaired) electrons. The fourth-order valence-corrected chi connectivity index (χ4v) is 4.15. The van der Waals surface area contributed by atoms with Gasteiger partial charge in [0.1, 0.15) is 11.6 Å². The summed E-state index contributed by atoms with van der Waals surface area (Å²) in [5.74, 6) is -0.123. The Hall–Kier alpha value is -2.60. The minimum Gasteiger partial charge on any atom is -0.506 e. The van der Waals surface area contributed by atoms with Crippen molar-refractivity contribution in [3.8, 4) is 5.75 Å². The Balaban J connectivity index is 1.59. The van der Waals surface area contributed by atoms with E-state index in [1.165, 1.54) is 23.5 Å². The molecule has 1 aliphatic rings. The molecule has 4 rings (SSSR count). The van der Waals surface area contributed by atoms with E-state index in [-0.39, 0.29) is 11.2 Å². The predicted octanol–water partition coefficient (Wildman–Crippen LogP) is 3.43. The zero-order valence-corrected chi connectivity index (χ0v) is 14.3. The van der Waals surface area contributed by atoms with Gasteiger partial charge >= 0.3 is 0 Å². The van der Waals surface area contributed by atoms with E-state index in [0.717, 1.165) is 10.4 Å². The van der Waals surface area contributed by atoms with Crippen LogP contribution >= 0.6 is 11.3 Å². The highest BCUT2D eigenvalue weighted by atomic mass is 32.1. The SMILES string of the molecule is O=c1c(N2CCN(c3ccccc3O)CC2)csc2ccc(F)cc12. The normalized spacial score (nSPS) is 14.9.